The Morgan fingerprint density at radius 2 is 2.00 bits per heavy atom. The molecule has 3 rings (SSSR count). The lowest BCUT2D eigenvalue weighted by Crippen LogP contribution is -2.38. The molecule has 0 aromatic heterocycles. The number of benzene rings is 1. The quantitative estimate of drug-likeness (QED) is 0.717. The largest absolute Gasteiger partial charge is 0.508 e. The molecule has 0 radical (unpaired) electrons. The van der Waals surface area contributed by atoms with Gasteiger partial charge >= 0.3 is 5.97 Å². The maximum Gasteiger partial charge on any atom is 0.342 e. The third-order valence-electron chi connectivity index (χ3n) is 4.20. The molecule has 0 amide bonds. The van der Waals surface area contributed by atoms with Crippen LogP contribution in [-0.2, 0) is 15.9 Å². The molecule has 0 saturated carbocycles. The van der Waals surface area contributed by atoms with E-state index in [0.717, 1.165) is 6.07 Å². The summed E-state index contributed by atoms with van der Waals surface area (Å²) in [5.74, 6) is -0.938. The summed E-state index contributed by atoms with van der Waals surface area (Å²) in [6.45, 7) is 1.91. The summed E-state index contributed by atoms with van der Waals surface area (Å²) in [4.78, 5) is 12.0. The summed E-state index contributed by atoms with van der Waals surface area (Å²) >= 11 is 0. The number of aliphatic hydroxyl groups is 1. The summed E-state index contributed by atoms with van der Waals surface area (Å²) in [5, 5.41) is 29.1. The van der Waals surface area contributed by atoms with Crippen LogP contribution in [0.2, 0.25) is 0 Å². The third kappa shape index (κ3) is 3.03. The fraction of sp³-hybridized carbons (Fsp3) is 0.562. The van der Waals surface area contributed by atoms with Crippen LogP contribution in [-0.4, -0.2) is 45.7 Å². The van der Waals surface area contributed by atoms with Gasteiger partial charge in [-0.15, -0.1) is 0 Å². The van der Waals surface area contributed by atoms with E-state index in [9.17, 15) is 20.1 Å². The number of aromatic hydroxyl groups is 2. The van der Waals surface area contributed by atoms with Crippen molar-refractivity contribution in [2.45, 2.75) is 57.0 Å². The monoisotopic (exact) mass is 308 g/mol. The van der Waals surface area contributed by atoms with Gasteiger partial charge in [0, 0.05) is 18.9 Å². The minimum Gasteiger partial charge on any atom is -0.508 e. The molecule has 0 aliphatic carbocycles. The van der Waals surface area contributed by atoms with Gasteiger partial charge in [0.2, 0.25) is 0 Å². The number of carbonyl (C=O) groups is 1. The molecule has 2 heterocycles. The number of hydrogen-bond acceptors (Lipinski definition) is 6. The number of fused-ring (bicyclic) bond motifs is 1. The van der Waals surface area contributed by atoms with Crippen LogP contribution in [0.5, 0.6) is 11.5 Å². The Hall–Kier alpha value is -1.79. The van der Waals surface area contributed by atoms with E-state index in [4.69, 9.17) is 9.47 Å². The molecule has 120 valence electrons. The molecule has 6 heteroatoms. The van der Waals surface area contributed by atoms with Crippen molar-refractivity contribution in [2.24, 2.45) is 0 Å². The van der Waals surface area contributed by atoms with Gasteiger partial charge in [-0.2, -0.15) is 0 Å². The van der Waals surface area contributed by atoms with Gasteiger partial charge in [0.05, 0.1) is 18.3 Å². The number of carbonyl (C=O) groups excluding carboxylic acids is 1. The predicted molar refractivity (Wildman–Crippen MR) is 76.9 cm³/mol. The molecule has 1 saturated heterocycles. The highest BCUT2D eigenvalue weighted by molar-refractivity contribution is 5.95. The molecule has 1 fully saturated rings. The van der Waals surface area contributed by atoms with Crippen LogP contribution in [0.1, 0.15) is 42.1 Å². The molecular formula is C16H20O6. The molecule has 4 atom stereocenters. The molecule has 1 aromatic carbocycles. The molecule has 2 aliphatic heterocycles. The van der Waals surface area contributed by atoms with Crippen molar-refractivity contribution >= 4 is 5.97 Å². The number of aliphatic hydroxyl groups excluding tert-OH is 1. The summed E-state index contributed by atoms with van der Waals surface area (Å²) < 4.78 is 11.1. The number of phenolic OH excluding ortho intramolecular Hbond substituents is 2. The molecule has 1 aromatic rings. The Kier molecular flexibility index (Phi) is 3.97. The van der Waals surface area contributed by atoms with Crippen LogP contribution in [0.3, 0.4) is 0 Å². The fourth-order valence-electron chi connectivity index (χ4n) is 3.36. The number of rotatable bonds is 2. The van der Waals surface area contributed by atoms with Crippen LogP contribution >= 0.6 is 0 Å². The van der Waals surface area contributed by atoms with E-state index in [-0.39, 0.29) is 35.4 Å². The lowest BCUT2D eigenvalue weighted by atomic mass is 9.92. The second-order valence-corrected chi connectivity index (χ2v) is 6.16. The first kappa shape index (κ1) is 15.1. The Labute approximate surface area is 128 Å². The van der Waals surface area contributed by atoms with E-state index in [2.05, 4.69) is 0 Å². The standard InChI is InChI=1S/C16H20O6/c1-8-2-10(17)5-13(21-8)7-12-4-9-3-11(18)6-14(19)15(9)16(20)22-12/h3,6,8,10,12-13,17-19H,2,4-5,7H2,1H3/t8-,10?,12+,13+/m0/s1. The number of ether oxygens (including phenoxy) is 2. The molecule has 3 N–H and O–H groups in total. The minimum atomic E-state index is -0.590. The number of hydrogen-bond donors (Lipinski definition) is 3. The molecule has 22 heavy (non-hydrogen) atoms. The van der Waals surface area contributed by atoms with Crippen molar-refractivity contribution in [3.05, 3.63) is 23.3 Å². The third-order valence-corrected chi connectivity index (χ3v) is 4.20. The SMILES string of the molecule is C[C@H]1CC(O)C[C@H](C[C@H]2Cc3cc(O)cc(O)c3C(=O)O2)O1. The lowest BCUT2D eigenvalue weighted by molar-refractivity contribution is -0.103. The molecule has 0 bridgehead atoms. The van der Waals surface area contributed by atoms with Gasteiger partial charge in [-0.25, -0.2) is 4.79 Å². The highest BCUT2D eigenvalue weighted by atomic mass is 16.5. The zero-order valence-corrected chi connectivity index (χ0v) is 12.4. The smallest absolute Gasteiger partial charge is 0.342 e. The Balaban J connectivity index is 1.74. The van der Waals surface area contributed by atoms with E-state index >= 15 is 0 Å². The average Bonchev–Trinajstić information content (AvgIpc) is 2.35. The predicted octanol–water partition coefficient (Wildman–Crippen LogP) is 1.50. The van der Waals surface area contributed by atoms with Crippen molar-refractivity contribution in [1.29, 1.82) is 0 Å². The van der Waals surface area contributed by atoms with Crippen LogP contribution < -0.4 is 0 Å². The van der Waals surface area contributed by atoms with E-state index in [0.29, 0.717) is 31.2 Å². The van der Waals surface area contributed by atoms with Crippen LogP contribution in [0.25, 0.3) is 0 Å². The second-order valence-electron chi connectivity index (χ2n) is 6.16. The Bertz CT molecular complexity index is 574. The van der Waals surface area contributed by atoms with Crippen molar-refractivity contribution < 1.29 is 29.6 Å². The first-order valence-electron chi connectivity index (χ1n) is 7.51. The van der Waals surface area contributed by atoms with Crippen molar-refractivity contribution in [3.8, 4) is 11.5 Å². The van der Waals surface area contributed by atoms with Crippen molar-refractivity contribution in [3.63, 3.8) is 0 Å². The van der Waals surface area contributed by atoms with E-state index < -0.39 is 12.1 Å². The van der Waals surface area contributed by atoms with Gasteiger partial charge in [-0.3, -0.25) is 0 Å². The lowest BCUT2D eigenvalue weighted by Gasteiger charge is -2.34. The highest BCUT2D eigenvalue weighted by Gasteiger charge is 2.34. The highest BCUT2D eigenvalue weighted by Crippen LogP contribution is 2.34. The van der Waals surface area contributed by atoms with Gasteiger partial charge in [-0.05, 0) is 31.4 Å². The van der Waals surface area contributed by atoms with E-state index in [1.807, 2.05) is 6.92 Å². The molecule has 0 spiro atoms. The molecule has 2 aliphatic rings. The van der Waals surface area contributed by atoms with Crippen molar-refractivity contribution in [2.75, 3.05) is 0 Å². The molecule has 6 nitrogen and oxygen atoms in total. The number of esters is 1. The summed E-state index contributed by atoms with van der Waals surface area (Å²) in [5.41, 5.74) is 0.690. The number of phenols is 2. The maximum absolute atomic E-state index is 12.0. The fourth-order valence-corrected chi connectivity index (χ4v) is 3.36. The first-order chi connectivity index (χ1) is 10.4. The van der Waals surface area contributed by atoms with E-state index in [1.165, 1.54) is 6.07 Å². The van der Waals surface area contributed by atoms with Crippen LogP contribution in [0, 0.1) is 0 Å². The van der Waals surface area contributed by atoms with E-state index in [1.54, 1.807) is 0 Å². The van der Waals surface area contributed by atoms with Gasteiger partial charge < -0.3 is 24.8 Å². The first-order valence-corrected chi connectivity index (χ1v) is 7.51. The summed E-state index contributed by atoms with van der Waals surface area (Å²) in [6.07, 6.45) is 1.08. The molecular weight excluding hydrogens is 288 g/mol. The zero-order valence-electron chi connectivity index (χ0n) is 12.4. The van der Waals surface area contributed by atoms with Gasteiger partial charge in [0.25, 0.3) is 0 Å². The number of cyclic esters (lactones) is 1. The second kappa shape index (κ2) is 5.78. The van der Waals surface area contributed by atoms with Gasteiger partial charge in [0.15, 0.2) is 0 Å². The van der Waals surface area contributed by atoms with Gasteiger partial charge in [0.1, 0.15) is 23.2 Å². The Morgan fingerprint density at radius 3 is 2.73 bits per heavy atom. The zero-order chi connectivity index (χ0) is 15.9. The topological polar surface area (TPSA) is 96.2 Å². The Morgan fingerprint density at radius 1 is 1.23 bits per heavy atom. The van der Waals surface area contributed by atoms with Gasteiger partial charge in [-0.1, -0.05) is 0 Å². The summed E-state index contributed by atoms with van der Waals surface area (Å²) in [7, 11) is 0. The summed E-state index contributed by atoms with van der Waals surface area (Å²) in [6, 6.07) is 2.60. The normalized spacial score (nSPS) is 31.5. The average molecular weight is 308 g/mol. The van der Waals surface area contributed by atoms with Crippen molar-refractivity contribution in [1.82, 2.24) is 0 Å². The van der Waals surface area contributed by atoms with Crippen LogP contribution in [0.15, 0.2) is 12.1 Å². The molecule has 1 unspecified atom stereocenters. The van der Waals surface area contributed by atoms with Crippen LogP contribution in [0.4, 0.5) is 0 Å². The minimum absolute atomic E-state index is 0.0200. The maximum atomic E-state index is 12.0.